The lowest BCUT2D eigenvalue weighted by Gasteiger charge is -2.11. The number of anilines is 2. The largest absolute Gasteiger partial charge is 0.480 e. The Kier molecular flexibility index (Phi) is 6.41. The van der Waals surface area contributed by atoms with E-state index in [1.54, 1.807) is 19.1 Å². The van der Waals surface area contributed by atoms with Crippen LogP contribution in [0.25, 0.3) is 0 Å². The fraction of sp³-hybridized carbons (Fsp3) is 0.438. The Morgan fingerprint density at radius 3 is 2.96 bits per heavy atom. The Morgan fingerprint density at radius 1 is 1.38 bits per heavy atom. The van der Waals surface area contributed by atoms with Gasteiger partial charge in [-0.3, -0.25) is 0 Å². The highest BCUT2D eigenvalue weighted by Crippen LogP contribution is 2.23. The van der Waals surface area contributed by atoms with E-state index in [0.29, 0.717) is 23.9 Å². The molecule has 0 bridgehead atoms. The van der Waals surface area contributed by atoms with Crippen molar-refractivity contribution < 1.29 is 18.7 Å². The van der Waals surface area contributed by atoms with Crippen LogP contribution in [-0.2, 0) is 11.3 Å². The van der Waals surface area contributed by atoms with E-state index in [2.05, 4.69) is 22.2 Å². The minimum absolute atomic E-state index is 0.134. The van der Waals surface area contributed by atoms with Gasteiger partial charge in [-0.25, -0.2) is 9.78 Å². The summed E-state index contributed by atoms with van der Waals surface area (Å²) in [7, 11) is 0. The first-order valence-electron chi connectivity index (χ1n) is 7.89. The van der Waals surface area contributed by atoms with E-state index < -0.39 is 5.97 Å². The molecule has 2 aromatic heterocycles. The summed E-state index contributed by atoms with van der Waals surface area (Å²) in [5.74, 6) is 1.31. The smallest absolute Gasteiger partial charge is 0.374 e. The van der Waals surface area contributed by atoms with Crippen LogP contribution in [0.1, 0.15) is 43.0 Å². The van der Waals surface area contributed by atoms with Gasteiger partial charge in [-0.1, -0.05) is 13.3 Å². The van der Waals surface area contributed by atoms with Crippen LogP contribution in [0.3, 0.4) is 0 Å². The molecule has 0 aliphatic carbocycles. The van der Waals surface area contributed by atoms with Gasteiger partial charge < -0.3 is 24.9 Å². The first-order valence-corrected chi connectivity index (χ1v) is 7.89. The molecule has 2 heterocycles. The minimum Gasteiger partial charge on any atom is -0.480 e. The average Bonchev–Trinajstić information content (AvgIpc) is 3.04. The van der Waals surface area contributed by atoms with Crippen LogP contribution >= 0.6 is 0 Å². The number of hydrogen-bond acceptors (Lipinski definition) is 8. The van der Waals surface area contributed by atoms with Gasteiger partial charge in [-0.15, -0.1) is 0 Å². The molecule has 0 saturated heterocycles. The summed E-state index contributed by atoms with van der Waals surface area (Å²) in [5.41, 5.74) is 5.62. The molecule has 0 radical (unpaired) electrons. The van der Waals surface area contributed by atoms with E-state index in [9.17, 15) is 4.79 Å². The summed E-state index contributed by atoms with van der Waals surface area (Å²) in [6, 6.07) is 3.21. The first kappa shape index (κ1) is 17.6. The van der Waals surface area contributed by atoms with Gasteiger partial charge in [-0.2, -0.15) is 4.98 Å². The maximum atomic E-state index is 11.6. The fourth-order valence-corrected chi connectivity index (χ4v) is 1.92. The number of aromatic nitrogens is 2. The molecule has 8 heteroatoms. The number of nitrogens with one attached hydrogen (secondary N) is 1. The second-order valence-corrected chi connectivity index (χ2v) is 5.00. The van der Waals surface area contributed by atoms with Crippen molar-refractivity contribution in [1.82, 2.24) is 9.97 Å². The van der Waals surface area contributed by atoms with Crippen molar-refractivity contribution in [3.63, 3.8) is 0 Å². The maximum Gasteiger partial charge on any atom is 0.374 e. The molecular weight excluding hydrogens is 312 g/mol. The number of furan rings is 1. The van der Waals surface area contributed by atoms with Crippen LogP contribution in [0.15, 0.2) is 22.7 Å². The van der Waals surface area contributed by atoms with E-state index in [1.165, 1.54) is 6.20 Å². The zero-order valence-electron chi connectivity index (χ0n) is 13.9. The molecule has 0 saturated carbocycles. The van der Waals surface area contributed by atoms with E-state index in [-0.39, 0.29) is 18.3 Å². The summed E-state index contributed by atoms with van der Waals surface area (Å²) < 4.78 is 15.9. The van der Waals surface area contributed by atoms with Crippen molar-refractivity contribution in [2.45, 2.75) is 33.3 Å². The molecule has 0 fully saturated rings. The quantitative estimate of drug-likeness (QED) is 0.531. The third kappa shape index (κ3) is 4.87. The lowest BCUT2D eigenvalue weighted by atomic mass is 10.3. The monoisotopic (exact) mass is 334 g/mol. The Hall–Kier alpha value is -2.77. The molecule has 0 amide bonds. The van der Waals surface area contributed by atoms with Crippen LogP contribution in [0, 0.1) is 0 Å². The van der Waals surface area contributed by atoms with Crippen LogP contribution in [0.2, 0.25) is 0 Å². The summed E-state index contributed by atoms with van der Waals surface area (Å²) in [6.07, 6.45) is 3.57. The molecule has 24 heavy (non-hydrogen) atoms. The Morgan fingerprint density at radius 2 is 2.21 bits per heavy atom. The molecule has 0 unspecified atom stereocenters. The number of carbonyl (C=O) groups excluding carboxylic acids is 1. The lowest BCUT2D eigenvalue weighted by molar-refractivity contribution is 0.0486. The zero-order chi connectivity index (χ0) is 17.4. The van der Waals surface area contributed by atoms with Gasteiger partial charge in [0.25, 0.3) is 0 Å². The van der Waals surface area contributed by atoms with Crippen molar-refractivity contribution >= 4 is 17.7 Å². The number of rotatable bonds is 9. The van der Waals surface area contributed by atoms with Crippen molar-refractivity contribution in [2.24, 2.45) is 0 Å². The van der Waals surface area contributed by atoms with Crippen molar-refractivity contribution in [3.8, 4) is 5.75 Å². The standard InChI is InChI=1S/C16H22N4O4/c1-3-5-8-18-14-13(9-19-16(17)20-14)23-10-11-6-7-12(24-11)15(21)22-4-2/h6-7,9H,3-5,8,10H2,1-2H3,(H3,17,18,19,20). The Bertz CT molecular complexity index is 672. The van der Waals surface area contributed by atoms with Crippen LogP contribution in [0.5, 0.6) is 5.75 Å². The predicted molar refractivity (Wildman–Crippen MR) is 88.8 cm³/mol. The Balaban J connectivity index is 1.99. The lowest BCUT2D eigenvalue weighted by Crippen LogP contribution is -2.08. The van der Waals surface area contributed by atoms with Crippen LogP contribution in [-0.4, -0.2) is 29.1 Å². The van der Waals surface area contributed by atoms with Gasteiger partial charge in [0.05, 0.1) is 12.8 Å². The highest BCUT2D eigenvalue weighted by atomic mass is 16.5. The molecule has 8 nitrogen and oxygen atoms in total. The molecule has 130 valence electrons. The van der Waals surface area contributed by atoms with Gasteiger partial charge in [-0.05, 0) is 25.5 Å². The fourth-order valence-electron chi connectivity index (χ4n) is 1.92. The van der Waals surface area contributed by atoms with E-state index in [4.69, 9.17) is 19.6 Å². The number of hydrogen-bond donors (Lipinski definition) is 2. The summed E-state index contributed by atoms with van der Waals surface area (Å²) in [6.45, 7) is 5.03. The van der Waals surface area contributed by atoms with Crippen molar-refractivity contribution in [2.75, 3.05) is 24.2 Å². The summed E-state index contributed by atoms with van der Waals surface area (Å²) >= 11 is 0. The molecule has 0 aliphatic rings. The van der Waals surface area contributed by atoms with Gasteiger partial charge in [0.15, 0.2) is 11.6 Å². The van der Waals surface area contributed by atoms with Gasteiger partial charge in [0.2, 0.25) is 11.7 Å². The van der Waals surface area contributed by atoms with Crippen molar-refractivity contribution in [3.05, 3.63) is 29.9 Å². The molecule has 3 N–H and O–H groups in total. The van der Waals surface area contributed by atoms with E-state index in [0.717, 1.165) is 19.4 Å². The number of carbonyl (C=O) groups is 1. The Labute approximate surface area is 140 Å². The zero-order valence-corrected chi connectivity index (χ0v) is 13.9. The molecular formula is C16H22N4O4. The number of esters is 1. The second-order valence-electron chi connectivity index (χ2n) is 5.00. The molecule has 0 aromatic carbocycles. The van der Waals surface area contributed by atoms with Gasteiger partial charge >= 0.3 is 5.97 Å². The number of unbranched alkanes of at least 4 members (excludes halogenated alkanes) is 1. The number of nitrogens with zero attached hydrogens (tertiary/aromatic N) is 2. The number of nitrogen functional groups attached to an aromatic ring is 1. The van der Waals surface area contributed by atoms with E-state index >= 15 is 0 Å². The van der Waals surface area contributed by atoms with Crippen molar-refractivity contribution in [1.29, 1.82) is 0 Å². The first-order chi connectivity index (χ1) is 11.6. The third-order valence-electron chi connectivity index (χ3n) is 3.10. The van der Waals surface area contributed by atoms with Gasteiger partial charge in [0, 0.05) is 6.54 Å². The molecule has 0 spiro atoms. The molecule has 2 aromatic rings. The highest BCUT2D eigenvalue weighted by Gasteiger charge is 2.13. The minimum atomic E-state index is -0.499. The SMILES string of the molecule is CCCCNc1nc(N)ncc1OCc1ccc(C(=O)OCC)o1. The second kappa shape index (κ2) is 8.76. The van der Waals surface area contributed by atoms with E-state index in [1.807, 2.05) is 0 Å². The van der Waals surface area contributed by atoms with Gasteiger partial charge in [0.1, 0.15) is 12.4 Å². The summed E-state index contributed by atoms with van der Waals surface area (Å²) in [4.78, 5) is 19.6. The van der Waals surface area contributed by atoms with Crippen LogP contribution < -0.4 is 15.8 Å². The topological polar surface area (TPSA) is 112 Å². The number of ether oxygens (including phenoxy) is 2. The summed E-state index contributed by atoms with van der Waals surface area (Å²) in [5, 5.41) is 3.17. The number of nitrogens with two attached hydrogens (primary N) is 1. The predicted octanol–water partition coefficient (Wildman–Crippen LogP) is 2.62. The molecule has 2 rings (SSSR count). The highest BCUT2D eigenvalue weighted by molar-refractivity contribution is 5.86. The molecule has 0 atom stereocenters. The normalized spacial score (nSPS) is 10.4. The molecule has 0 aliphatic heterocycles. The third-order valence-corrected chi connectivity index (χ3v) is 3.10. The maximum absolute atomic E-state index is 11.6. The van der Waals surface area contributed by atoms with Crippen LogP contribution in [0.4, 0.5) is 11.8 Å². The average molecular weight is 334 g/mol.